The summed E-state index contributed by atoms with van der Waals surface area (Å²) < 4.78 is 13.0. The Kier molecular flexibility index (Phi) is 5.01. The molecular formula is C18H21FN2O4. The van der Waals surface area contributed by atoms with E-state index in [0.29, 0.717) is 44.6 Å². The van der Waals surface area contributed by atoms with Gasteiger partial charge in [-0.25, -0.2) is 4.39 Å². The molecule has 0 spiro atoms. The lowest BCUT2D eigenvalue weighted by Crippen LogP contribution is -2.44. The number of hydrogen-bond donors (Lipinski definition) is 1. The summed E-state index contributed by atoms with van der Waals surface area (Å²) in [5.74, 6) is -2.21. The third kappa shape index (κ3) is 3.81. The lowest BCUT2D eigenvalue weighted by Gasteiger charge is -2.32. The van der Waals surface area contributed by atoms with Crippen LogP contribution in [-0.2, 0) is 14.4 Å². The summed E-state index contributed by atoms with van der Waals surface area (Å²) in [4.78, 5) is 39.2. The van der Waals surface area contributed by atoms with E-state index < -0.39 is 11.9 Å². The van der Waals surface area contributed by atoms with Crippen LogP contribution in [0.25, 0.3) is 0 Å². The lowest BCUT2D eigenvalue weighted by atomic mass is 9.92. The number of hydrogen-bond acceptors (Lipinski definition) is 3. The van der Waals surface area contributed by atoms with E-state index in [1.165, 1.54) is 29.2 Å². The quantitative estimate of drug-likeness (QED) is 0.843. The molecule has 25 heavy (non-hydrogen) atoms. The van der Waals surface area contributed by atoms with Crippen molar-refractivity contribution in [2.24, 2.45) is 11.8 Å². The molecule has 0 aromatic heterocycles. The zero-order valence-corrected chi connectivity index (χ0v) is 13.9. The standard InChI is InChI=1S/C18H21FN2O4/c19-13-1-3-14(4-2-13)21-10-7-15(18(21)25)17(24)20-8-5-12(6-9-20)11-16(22)23/h1-4,12,15H,5-11H2,(H,22,23). The Morgan fingerprint density at radius 1 is 1.08 bits per heavy atom. The van der Waals surface area contributed by atoms with Crippen LogP contribution >= 0.6 is 0 Å². The average molecular weight is 348 g/mol. The summed E-state index contributed by atoms with van der Waals surface area (Å²) in [6, 6.07) is 5.67. The number of aliphatic carboxylic acids is 1. The summed E-state index contributed by atoms with van der Waals surface area (Å²) in [6.45, 7) is 1.44. The molecule has 1 unspecified atom stereocenters. The fourth-order valence-corrected chi connectivity index (χ4v) is 3.61. The highest BCUT2D eigenvalue weighted by atomic mass is 19.1. The first kappa shape index (κ1) is 17.4. The zero-order valence-electron chi connectivity index (χ0n) is 13.9. The molecule has 7 heteroatoms. The SMILES string of the molecule is O=C(O)CC1CCN(C(=O)C2CCN(c3ccc(F)cc3)C2=O)CC1. The van der Waals surface area contributed by atoms with Crippen LogP contribution in [0, 0.1) is 17.7 Å². The highest BCUT2D eigenvalue weighted by Crippen LogP contribution is 2.28. The predicted octanol–water partition coefficient (Wildman–Crippen LogP) is 1.89. The Morgan fingerprint density at radius 2 is 1.72 bits per heavy atom. The highest BCUT2D eigenvalue weighted by Gasteiger charge is 2.40. The van der Waals surface area contributed by atoms with Crippen molar-refractivity contribution < 1.29 is 23.9 Å². The number of amides is 2. The Labute approximate surface area is 145 Å². The third-order valence-corrected chi connectivity index (χ3v) is 5.03. The molecule has 2 aliphatic heterocycles. The molecule has 2 amide bonds. The molecule has 6 nitrogen and oxygen atoms in total. The number of carbonyl (C=O) groups excluding carboxylic acids is 2. The Hall–Kier alpha value is -2.44. The largest absolute Gasteiger partial charge is 0.481 e. The first-order valence-corrected chi connectivity index (χ1v) is 8.53. The molecular weight excluding hydrogens is 327 g/mol. The van der Waals surface area contributed by atoms with Gasteiger partial charge >= 0.3 is 5.97 Å². The summed E-state index contributed by atoms with van der Waals surface area (Å²) in [5, 5.41) is 8.85. The fraction of sp³-hybridized carbons (Fsp3) is 0.500. The predicted molar refractivity (Wildman–Crippen MR) is 88.4 cm³/mol. The van der Waals surface area contributed by atoms with Crippen molar-refractivity contribution in [3.63, 3.8) is 0 Å². The smallest absolute Gasteiger partial charge is 0.303 e. The van der Waals surface area contributed by atoms with E-state index in [2.05, 4.69) is 0 Å². The minimum atomic E-state index is -0.814. The van der Waals surface area contributed by atoms with Gasteiger partial charge in [0.15, 0.2) is 0 Å². The number of likely N-dealkylation sites (tertiary alicyclic amines) is 1. The molecule has 0 bridgehead atoms. The van der Waals surface area contributed by atoms with Gasteiger partial charge in [-0.1, -0.05) is 0 Å². The van der Waals surface area contributed by atoms with Gasteiger partial charge in [0.05, 0.1) is 0 Å². The first-order chi connectivity index (χ1) is 12.0. The molecule has 0 saturated carbocycles. The maximum atomic E-state index is 13.0. The summed E-state index contributed by atoms with van der Waals surface area (Å²) in [6.07, 6.45) is 1.88. The van der Waals surface area contributed by atoms with Crippen LogP contribution in [-0.4, -0.2) is 47.4 Å². The van der Waals surface area contributed by atoms with E-state index in [1.807, 2.05) is 0 Å². The maximum absolute atomic E-state index is 13.0. The van der Waals surface area contributed by atoms with E-state index in [0.717, 1.165) is 0 Å². The van der Waals surface area contributed by atoms with Crippen LogP contribution in [0.1, 0.15) is 25.7 Å². The van der Waals surface area contributed by atoms with Crippen molar-refractivity contribution in [1.29, 1.82) is 0 Å². The minimum absolute atomic E-state index is 0.0940. The van der Waals surface area contributed by atoms with Crippen LogP contribution < -0.4 is 4.90 Å². The van der Waals surface area contributed by atoms with Gasteiger partial charge < -0.3 is 14.9 Å². The molecule has 3 rings (SSSR count). The van der Waals surface area contributed by atoms with Gasteiger partial charge in [0.1, 0.15) is 11.7 Å². The van der Waals surface area contributed by atoms with E-state index in [9.17, 15) is 18.8 Å². The second-order valence-electron chi connectivity index (χ2n) is 6.67. The number of carbonyl (C=O) groups is 3. The number of rotatable bonds is 4. The molecule has 0 radical (unpaired) electrons. The topological polar surface area (TPSA) is 77.9 Å². The van der Waals surface area contributed by atoms with Crippen molar-refractivity contribution in [3.05, 3.63) is 30.1 Å². The number of nitrogens with zero attached hydrogens (tertiary/aromatic N) is 2. The van der Waals surface area contributed by atoms with Crippen LogP contribution in [0.2, 0.25) is 0 Å². The molecule has 1 aromatic rings. The van der Waals surface area contributed by atoms with Gasteiger partial charge in [-0.3, -0.25) is 14.4 Å². The van der Waals surface area contributed by atoms with E-state index >= 15 is 0 Å². The molecule has 1 aromatic carbocycles. The second kappa shape index (κ2) is 7.21. The Balaban J connectivity index is 1.59. The average Bonchev–Trinajstić information content (AvgIpc) is 2.97. The van der Waals surface area contributed by atoms with Crippen LogP contribution in [0.3, 0.4) is 0 Å². The first-order valence-electron chi connectivity index (χ1n) is 8.53. The van der Waals surface area contributed by atoms with Crippen LogP contribution in [0.15, 0.2) is 24.3 Å². The monoisotopic (exact) mass is 348 g/mol. The summed E-state index contributed by atoms with van der Waals surface area (Å²) >= 11 is 0. The number of carboxylic acids is 1. The van der Waals surface area contributed by atoms with Crippen LogP contribution in [0.5, 0.6) is 0 Å². The fourth-order valence-electron chi connectivity index (χ4n) is 3.61. The van der Waals surface area contributed by atoms with E-state index in [4.69, 9.17) is 5.11 Å². The number of piperidine rings is 1. The Morgan fingerprint density at radius 3 is 2.32 bits per heavy atom. The van der Waals surface area contributed by atoms with Gasteiger partial charge in [0.2, 0.25) is 11.8 Å². The van der Waals surface area contributed by atoms with Crippen molar-refractivity contribution in [1.82, 2.24) is 4.90 Å². The van der Waals surface area contributed by atoms with E-state index in [-0.39, 0.29) is 30.0 Å². The van der Waals surface area contributed by atoms with Crippen molar-refractivity contribution >= 4 is 23.5 Å². The Bertz CT molecular complexity index is 668. The lowest BCUT2D eigenvalue weighted by molar-refractivity contribution is -0.141. The molecule has 1 atom stereocenters. The van der Waals surface area contributed by atoms with Crippen molar-refractivity contribution in [2.75, 3.05) is 24.5 Å². The second-order valence-corrected chi connectivity index (χ2v) is 6.67. The van der Waals surface area contributed by atoms with Gasteiger partial charge in [-0.15, -0.1) is 0 Å². The third-order valence-electron chi connectivity index (χ3n) is 5.03. The summed E-state index contributed by atoms with van der Waals surface area (Å²) in [5.41, 5.74) is 0.599. The minimum Gasteiger partial charge on any atom is -0.481 e. The van der Waals surface area contributed by atoms with Gasteiger partial charge in [-0.2, -0.15) is 0 Å². The molecule has 2 saturated heterocycles. The number of benzene rings is 1. The zero-order chi connectivity index (χ0) is 18.0. The van der Waals surface area contributed by atoms with Crippen molar-refractivity contribution in [3.8, 4) is 0 Å². The van der Waals surface area contributed by atoms with Gasteiger partial charge in [0.25, 0.3) is 0 Å². The van der Waals surface area contributed by atoms with Crippen molar-refractivity contribution in [2.45, 2.75) is 25.7 Å². The molecule has 2 heterocycles. The van der Waals surface area contributed by atoms with Crippen LogP contribution in [0.4, 0.5) is 10.1 Å². The summed E-state index contributed by atoms with van der Waals surface area (Å²) in [7, 11) is 0. The van der Waals surface area contributed by atoms with E-state index in [1.54, 1.807) is 4.90 Å². The number of carboxylic acid groups (broad SMARTS) is 1. The van der Waals surface area contributed by atoms with Gasteiger partial charge in [-0.05, 0) is 49.4 Å². The maximum Gasteiger partial charge on any atom is 0.303 e. The molecule has 2 fully saturated rings. The molecule has 134 valence electrons. The molecule has 2 aliphatic rings. The highest BCUT2D eigenvalue weighted by molar-refractivity contribution is 6.09. The molecule has 1 N–H and O–H groups in total. The number of halogens is 1. The number of anilines is 1. The molecule has 0 aliphatic carbocycles. The van der Waals surface area contributed by atoms with Gasteiger partial charge in [0, 0.05) is 31.7 Å². The normalized spacial score (nSPS) is 21.6.